The number of benzene rings is 2. The molecule has 2 aliphatic rings. The van der Waals surface area contributed by atoms with E-state index in [1.54, 1.807) is 0 Å². The summed E-state index contributed by atoms with van der Waals surface area (Å²) < 4.78 is 6.35. The monoisotopic (exact) mass is 564 g/mol. The van der Waals surface area contributed by atoms with Gasteiger partial charge in [0.1, 0.15) is 11.4 Å². The van der Waals surface area contributed by atoms with Gasteiger partial charge in [0.25, 0.3) is 0 Å². The minimum absolute atomic E-state index is 0.00239. The molecule has 3 heterocycles. The molecule has 2 saturated heterocycles. The second kappa shape index (κ2) is 11.5. The molecule has 2 aromatic carbocycles. The molecule has 2 aliphatic heterocycles. The van der Waals surface area contributed by atoms with Gasteiger partial charge in [0.2, 0.25) is 5.91 Å². The molecule has 1 N–H and O–H groups in total. The minimum Gasteiger partial charge on any atom is -0.359 e. The van der Waals surface area contributed by atoms with E-state index in [-0.39, 0.29) is 11.3 Å². The summed E-state index contributed by atoms with van der Waals surface area (Å²) in [5.41, 5.74) is 4.30. The first kappa shape index (κ1) is 26.1. The summed E-state index contributed by atoms with van der Waals surface area (Å²) in [5.74, 6) is 1.25. The molecule has 0 spiro atoms. The Morgan fingerprint density at radius 2 is 1.78 bits per heavy atom. The standard InChI is InChI=1S/C30H37BrN4O2/c1-22-29(23(2)37-33-22)32-28(36)20-35-16-6-15-30(21-35,25-7-4-3-5-8-25)26-13-17-34(18-14-26)19-24-9-11-27(31)12-10-24/h3-5,7-12,26H,6,13-21H2,1-2H3,(H,32,36). The third kappa shape index (κ3) is 6.00. The Morgan fingerprint density at radius 1 is 1.05 bits per heavy atom. The second-order valence-electron chi connectivity index (χ2n) is 10.8. The smallest absolute Gasteiger partial charge is 0.238 e. The lowest BCUT2D eigenvalue weighted by atomic mass is 9.62. The van der Waals surface area contributed by atoms with Crippen LogP contribution in [0, 0.1) is 19.8 Å². The fourth-order valence-corrected chi connectivity index (χ4v) is 6.68. The van der Waals surface area contributed by atoms with Crippen molar-refractivity contribution in [2.24, 2.45) is 5.92 Å². The van der Waals surface area contributed by atoms with Gasteiger partial charge in [0, 0.05) is 23.0 Å². The number of aromatic nitrogens is 1. The highest BCUT2D eigenvalue weighted by Crippen LogP contribution is 2.45. The van der Waals surface area contributed by atoms with E-state index in [0.717, 1.165) is 49.3 Å². The zero-order chi connectivity index (χ0) is 25.8. The number of carbonyl (C=O) groups is 1. The summed E-state index contributed by atoms with van der Waals surface area (Å²) in [6.07, 6.45) is 4.65. The van der Waals surface area contributed by atoms with Crippen LogP contribution < -0.4 is 5.32 Å². The summed E-state index contributed by atoms with van der Waals surface area (Å²) in [6, 6.07) is 19.8. The summed E-state index contributed by atoms with van der Waals surface area (Å²) >= 11 is 3.54. The molecule has 6 nitrogen and oxygen atoms in total. The SMILES string of the molecule is Cc1noc(C)c1NC(=O)CN1CCCC(c2ccccc2)(C2CCN(Cc3ccc(Br)cc3)CC2)C1. The maximum Gasteiger partial charge on any atom is 0.238 e. The van der Waals surface area contributed by atoms with Crippen LogP contribution in [0.25, 0.3) is 0 Å². The Bertz CT molecular complexity index is 1170. The summed E-state index contributed by atoms with van der Waals surface area (Å²) in [5, 5.41) is 7.01. The number of anilines is 1. The molecule has 37 heavy (non-hydrogen) atoms. The van der Waals surface area contributed by atoms with Crippen molar-refractivity contribution >= 4 is 27.5 Å². The van der Waals surface area contributed by atoms with Crippen molar-refractivity contribution in [3.63, 3.8) is 0 Å². The topological polar surface area (TPSA) is 61.6 Å². The molecule has 1 aromatic heterocycles. The van der Waals surface area contributed by atoms with Crippen LogP contribution in [-0.4, -0.2) is 53.6 Å². The number of hydrogen-bond acceptors (Lipinski definition) is 5. The van der Waals surface area contributed by atoms with Crippen LogP contribution in [0.5, 0.6) is 0 Å². The fraction of sp³-hybridized carbons (Fsp3) is 0.467. The zero-order valence-corrected chi connectivity index (χ0v) is 23.5. The minimum atomic E-state index is 0.00239. The highest BCUT2D eigenvalue weighted by molar-refractivity contribution is 9.10. The van der Waals surface area contributed by atoms with Gasteiger partial charge in [-0.3, -0.25) is 14.6 Å². The third-order valence-electron chi connectivity index (χ3n) is 8.31. The van der Waals surface area contributed by atoms with E-state index < -0.39 is 0 Å². The molecule has 1 unspecified atom stereocenters. The van der Waals surface area contributed by atoms with Crippen LogP contribution in [0.3, 0.4) is 0 Å². The van der Waals surface area contributed by atoms with Gasteiger partial charge < -0.3 is 9.84 Å². The van der Waals surface area contributed by atoms with Crippen LogP contribution in [-0.2, 0) is 16.8 Å². The number of aryl methyl sites for hydroxylation is 2. The highest BCUT2D eigenvalue weighted by atomic mass is 79.9. The molecule has 0 saturated carbocycles. The van der Waals surface area contributed by atoms with E-state index in [0.29, 0.717) is 23.9 Å². The molecule has 0 bridgehead atoms. The van der Waals surface area contributed by atoms with Crippen molar-refractivity contribution in [3.8, 4) is 0 Å². The zero-order valence-electron chi connectivity index (χ0n) is 21.9. The van der Waals surface area contributed by atoms with E-state index >= 15 is 0 Å². The van der Waals surface area contributed by atoms with Gasteiger partial charge in [0.15, 0.2) is 5.76 Å². The van der Waals surface area contributed by atoms with E-state index in [1.807, 2.05) is 13.8 Å². The molecule has 1 amide bonds. The lowest BCUT2D eigenvalue weighted by Crippen LogP contribution is -2.54. The van der Waals surface area contributed by atoms with Gasteiger partial charge in [0.05, 0.1) is 6.54 Å². The van der Waals surface area contributed by atoms with E-state index in [2.05, 4.69) is 90.8 Å². The third-order valence-corrected chi connectivity index (χ3v) is 8.83. The molecular weight excluding hydrogens is 528 g/mol. The van der Waals surface area contributed by atoms with Crippen molar-refractivity contribution in [1.82, 2.24) is 15.0 Å². The number of amides is 1. The van der Waals surface area contributed by atoms with Gasteiger partial charge in [-0.05, 0) is 88.3 Å². The quantitative estimate of drug-likeness (QED) is 0.385. The lowest BCUT2D eigenvalue weighted by Gasteiger charge is -2.50. The van der Waals surface area contributed by atoms with Crippen molar-refractivity contribution in [1.29, 1.82) is 0 Å². The summed E-state index contributed by atoms with van der Waals surface area (Å²) in [4.78, 5) is 18.0. The van der Waals surface area contributed by atoms with Crippen LogP contribution in [0.15, 0.2) is 63.6 Å². The van der Waals surface area contributed by atoms with Gasteiger partial charge in [-0.1, -0.05) is 63.6 Å². The van der Waals surface area contributed by atoms with E-state index in [4.69, 9.17) is 4.52 Å². The van der Waals surface area contributed by atoms with Crippen LogP contribution >= 0.6 is 15.9 Å². The lowest BCUT2D eigenvalue weighted by molar-refractivity contribution is -0.118. The molecule has 5 rings (SSSR count). The largest absolute Gasteiger partial charge is 0.359 e. The predicted molar refractivity (Wildman–Crippen MR) is 151 cm³/mol. The predicted octanol–water partition coefficient (Wildman–Crippen LogP) is 5.94. The summed E-state index contributed by atoms with van der Waals surface area (Å²) in [7, 11) is 0. The Kier molecular flexibility index (Phi) is 8.12. The van der Waals surface area contributed by atoms with Crippen LogP contribution in [0.1, 0.15) is 48.3 Å². The van der Waals surface area contributed by atoms with Crippen LogP contribution in [0.4, 0.5) is 5.69 Å². The van der Waals surface area contributed by atoms with Crippen LogP contribution in [0.2, 0.25) is 0 Å². The van der Waals surface area contributed by atoms with E-state index in [1.165, 1.54) is 30.4 Å². The molecule has 1 atom stereocenters. The number of piperidine rings is 2. The number of halogens is 1. The Hall–Kier alpha value is -2.48. The normalized spacial score (nSPS) is 21.7. The molecule has 0 aliphatic carbocycles. The first-order chi connectivity index (χ1) is 17.9. The van der Waals surface area contributed by atoms with Gasteiger partial charge in [-0.15, -0.1) is 0 Å². The average Bonchev–Trinajstić information content (AvgIpc) is 3.23. The van der Waals surface area contributed by atoms with Gasteiger partial charge in [-0.2, -0.15) is 0 Å². The van der Waals surface area contributed by atoms with E-state index in [9.17, 15) is 4.79 Å². The Morgan fingerprint density at radius 3 is 2.46 bits per heavy atom. The number of rotatable bonds is 7. The van der Waals surface area contributed by atoms with Crippen molar-refractivity contribution in [3.05, 3.63) is 81.7 Å². The summed E-state index contributed by atoms with van der Waals surface area (Å²) in [6.45, 7) is 9.18. The Labute approximate surface area is 228 Å². The number of carbonyl (C=O) groups excluding carboxylic acids is 1. The number of nitrogens with zero attached hydrogens (tertiary/aromatic N) is 3. The Balaban J connectivity index is 1.28. The van der Waals surface area contributed by atoms with Crippen molar-refractivity contribution < 1.29 is 9.32 Å². The number of nitrogens with one attached hydrogen (secondary N) is 1. The molecule has 2 fully saturated rings. The molecule has 3 aromatic rings. The van der Waals surface area contributed by atoms with Gasteiger partial charge >= 0.3 is 0 Å². The van der Waals surface area contributed by atoms with Gasteiger partial charge in [-0.25, -0.2) is 0 Å². The maximum absolute atomic E-state index is 13.0. The number of likely N-dealkylation sites (tertiary alicyclic amines) is 2. The maximum atomic E-state index is 13.0. The van der Waals surface area contributed by atoms with Crippen molar-refractivity contribution in [2.45, 2.75) is 51.5 Å². The highest BCUT2D eigenvalue weighted by Gasteiger charge is 2.44. The average molecular weight is 566 g/mol. The fourth-order valence-electron chi connectivity index (χ4n) is 6.42. The first-order valence-corrected chi connectivity index (χ1v) is 14.2. The molecule has 7 heteroatoms. The second-order valence-corrected chi connectivity index (χ2v) is 11.7. The molecular formula is C30H37BrN4O2. The molecule has 196 valence electrons. The number of hydrogen-bond donors (Lipinski definition) is 1. The first-order valence-electron chi connectivity index (χ1n) is 13.4. The molecule has 0 radical (unpaired) electrons. The van der Waals surface area contributed by atoms with Crippen molar-refractivity contribution in [2.75, 3.05) is 38.0 Å².